The molecular weight excluding hydrogens is 466 g/mol. The van der Waals surface area contributed by atoms with Crippen molar-refractivity contribution in [3.05, 3.63) is 87.0 Å². The Bertz CT molecular complexity index is 1540. The van der Waals surface area contributed by atoms with Crippen LogP contribution in [0.2, 0.25) is 10.0 Å². The summed E-state index contributed by atoms with van der Waals surface area (Å²) in [6.07, 6.45) is 3.58. The third kappa shape index (κ3) is 3.92. The minimum atomic E-state index is -0.491. The van der Waals surface area contributed by atoms with Crippen LogP contribution in [0.5, 0.6) is 0 Å². The third-order valence-electron chi connectivity index (χ3n) is 5.41. The van der Waals surface area contributed by atoms with Gasteiger partial charge in [0, 0.05) is 15.7 Å². The lowest BCUT2D eigenvalue weighted by Crippen LogP contribution is -2.26. The Morgan fingerprint density at radius 1 is 1.09 bits per heavy atom. The molecule has 0 aliphatic rings. The van der Waals surface area contributed by atoms with Crippen molar-refractivity contribution in [2.24, 2.45) is 0 Å². The highest BCUT2D eigenvalue weighted by Gasteiger charge is 2.21. The lowest BCUT2D eigenvalue weighted by Gasteiger charge is -2.23. The summed E-state index contributed by atoms with van der Waals surface area (Å²) in [6.45, 7) is 1.98. The van der Waals surface area contributed by atoms with Crippen LogP contribution in [0, 0.1) is 5.82 Å². The van der Waals surface area contributed by atoms with Gasteiger partial charge in [-0.2, -0.15) is 0 Å². The molecule has 1 atom stereocenters. The van der Waals surface area contributed by atoms with E-state index in [1.54, 1.807) is 30.6 Å². The van der Waals surface area contributed by atoms with E-state index in [1.807, 2.05) is 13.0 Å². The summed E-state index contributed by atoms with van der Waals surface area (Å²) in [5, 5.41) is 5.01. The quantitative estimate of drug-likeness (QED) is 0.337. The molecule has 3 heterocycles. The van der Waals surface area contributed by atoms with E-state index in [0.29, 0.717) is 50.2 Å². The van der Waals surface area contributed by atoms with Gasteiger partial charge in [-0.25, -0.2) is 19.3 Å². The summed E-state index contributed by atoms with van der Waals surface area (Å²) in [6, 6.07) is 10.5. The second kappa shape index (κ2) is 8.46. The van der Waals surface area contributed by atoms with Crippen LogP contribution in [-0.4, -0.2) is 24.5 Å². The number of hydrogen-bond donors (Lipinski definition) is 2. The topological polar surface area (TPSA) is 88.5 Å². The van der Waals surface area contributed by atoms with Gasteiger partial charge in [-0.1, -0.05) is 36.2 Å². The van der Waals surface area contributed by atoms with Crippen LogP contribution in [0.3, 0.4) is 0 Å². The van der Waals surface area contributed by atoms with Crippen molar-refractivity contribution in [3.63, 3.8) is 0 Å². The molecule has 2 N–H and O–H groups in total. The molecule has 0 aliphatic heterocycles. The van der Waals surface area contributed by atoms with Crippen LogP contribution >= 0.6 is 23.2 Å². The van der Waals surface area contributed by atoms with Crippen molar-refractivity contribution in [1.82, 2.24) is 24.5 Å². The van der Waals surface area contributed by atoms with Gasteiger partial charge in [0.2, 0.25) is 0 Å². The predicted molar refractivity (Wildman–Crippen MR) is 128 cm³/mol. The van der Waals surface area contributed by atoms with Crippen molar-refractivity contribution < 1.29 is 4.39 Å². The number of nitrogens with zero attached hydrogens (tertiary/aromatic N) is 4. The van der Waals surface area contributed by atoms with Crippen LogP contribution < -0.4 is 10.9 Å². The number of benzene rings is 2. The Balaban J connectivity index is 1.75. The van der Waals surface area contributed by atoms with Crippen molar-refractivity contribution in [1.29, 1.82) is 0 Å². The van der Waals surface area contributed by atoms with Gasteiger partial charge in [0.1, 0.15) is 17.7 Å². The standard InChI is InChI=1S/C23H17Cl2FN6O/c1-2-18(31-22-20-21(28-10-27-20)29-11-30-22)19-5-12-3-4-15(26)9-17(12)23(33)32(19)16-7-13(24)6-14(25)8-16/h3-11,18H,2H2,1H3,(H2,27,28,29,30,31)/t18-/m0/s1. The molecule has 5 rings (SSSR count). The van der Waals surface area contributed by atoms with E-state index in [2.05, 4.69) is 25.3 Å². The summed E-state index contributed by atoms with van der Waals surface area (Å²) in [5.74, 6) is 0.0329. The SMILES string of the molecule is CC[C@H](Nc1ncnc2[nH]cnc12)c1cc2ccc(F)cc2c(=O)n1-c1cc(Cl)cc(Cl)c1. The zero-order chi connectivity index (χ0) is 23.1. The van der Waals surface area contributed by atoms with Crippen LogP contribution in [0.15, 0.2) is 59.9 Å². The number of aromatic amines is 1. The molecule has 0 aliphatic carbocycles. The fraction of sp³-hybridized carbons (Fsp3) is 0.130. The average molecular weight is 483 g/mol. The molecule has 7 nitrogen and oxygen atoms in total. The summed E-state index contributed by atoms with van der Waals surface area (Å²) < 4.78 is 15.5. The molecule has 33 heavy (non-hydrogen) atoms. The zero-order valence-electron chi connectivity index (χ0n) is 17.3. The number of H-pyrrole nitrogens is 1. The molecular formula is C23H17Cl2FN6O. The molecule has 0 unspecified atom stereocenters. The van der Waals surface area contributed by atoms with E-state index in [4.69, 9.17) is 23.2 Å². The Morgan fingerprint density at radius 3 is 2.64 bits per heavy atom. The number of fused-ring (bicyclic) bond motifs is 2. The van der Waals surface area contributed by atoms with E-state index in [9.17, 15) is 9.18 Å². The van der Waals surface area contributed by atoms with Crippen LogP contribution in [0.25, 0.3) is 27.6 Å². The smallest absolute Gasteiger partial charge is 0.263 e. The maximum Gasteiger partial charge on any atom is 0.263 e. The minimum absolute atomic E-state index is 0.251. The second-order valence-electron chi connectivity index (χ2n) is 7.50. The Kier molecular flexibility index (Phi) is 5.47. The number of pyridine rings is 1. The number of nitrogens with one attached hydrogen (secondary N) is 2. The van der Waals surface area contributed by atoms with Gasteiger partial charge >= 0.3 is 0 Å². The Labute approximate surface area is 197 Å². The van der Waals surface area contributed by atoms with Gasteiger partial charge in [0.25, 0.3) is 5.56 Å². The second-order valence-corrected chi connectivity index (χ2v) is 8.37. The highest BCUT2D eigenvalue weighted by atomic mass is 35.5. The fourth-order valence-corrected chi connectivity index (χ4v) is 4.43. The lowest BCUT2D eigenvalue weighted by atomic mass is 10.0. The van der Waals surface area contributed by atoms with Gasteiger partial charge in [-0.05, 0) is 48.2 Å². The average Bonchev–Trinajstić information content (AvgIpc) is 3.27. The highest BCUT2D eigenvalue weighted by molar-refractivity contribution is 6.34. The first-order valence-corrected chi connectivity index (χ1v) is 10.9. The largest absolute Gasteiger partial charge is 0.360 e. The predicted octanol–water partition coefficient (Wildman–Crippen LogP) is 5.67. The van der Waals surface area contributed by atoms with E-state index in [-0.39, 0.29) is 17.0 Å². The number of aromatic nitrogens is 5. The monoisotopic (exact) mass is 482 g/mol. The Morgan fingerprint density at radius 2 is 1.88 bits per heavy atom. The summed E-state index contributed by atoms with van der Waals surface area (Å²) >= 11 is 12.5. The molecule has 0 radical (unpaired) electrons. The maximum absolute atomic E-state index is 14.0. The number of rotatable bonds is 5. The number of halogens is 3. The number of hydrogen-bond acceptors (Lipinski definition) is 5. The van der Waals surface area contributed by atoms with Gasteiger partial charge in [0.05, 0.1) is 23.4 Å². The maximum atomic E-state index is 14.0. The molecule has 3 aromatic heterocycles. The van der Waals surface area contributed by atoms with E-state index in [1.165, 1.54) is 23.0 Å². The Hall–Kier alpha value is -3.49. The van der Waals surface area contributed by atoms with Crippen molar-refractivity contribution >= 4 is 51.0 Å². The van der Waals surface area contributed by atoms with Crippen LogP contribution in [0.1, 0.15) is 25.1 Å². The molecule has 10 heteroatoms. The summed E-state index contributed by atoms with van der Waals surface area (Å²) in [7, 11) is 0. The molecule has 0 bridgehead atoms. The minimum Gasteiger partial charge on any atom is -0.360 e. The van der Waals surface area contributed by atoms with E-state index < -0.39 is 5.82 Å². The zero-order valence-corrected chi connectivity index (χ0v) is 18.8. The highest BCUT2D eigenvalue weighted by Crippen LogP contribution is 2.30. The first-order chi connectivity index (χ1) is 15.9. The van der Waals surface area contributed by atoms with Crippen molar-refractivity contribution in [2.45, 2.75) is 19.4 Å². The van der Waals surface area contributed by atoms with Crippen molar-refractivity contribution in [2.75, 3.05) is 5.32 Å². The molecule has 0 saturated heterocycles. The van der Waals surface area contributed by atoms with Crippen molar-refractivity contribution in [3.8, 4) is 5.69 Å². The fourth-order valence-electron chi connectivity index (χ4n) is 3.91. The lowest BCUT2D eigenvalue weighted by molar-refractivity contribution is 0.629. The summed E-state index contributed by atoms with van der Waals surface area (Å²) in [5.41, 5.74) is 1.91. The first-order valence-electron chi connectivity index (χ1n) is 10.2. The molecule has 0 saturated carbocycles. The molecule has 5 aromatic rings. The number of imidazole rings is 1. The van der Waals surface area contributed by atoms with Crippen LogP contribution in [-0.2, 0) is 0 Å². The molecule has 0 amide bonds. The van der Waals surface area contributed by atoms with Gasteiger partial charge in [0.15, 0.2) is 11.5 Å². The number of anilines is 1. The molecule has 2 aromatic carbocycles. The third-order valence-corrected chi connectivity index (χ3v) is 5.85. The van der Waals surface area contributed by atoms with Gasteiger partial charge in [-0.15, -0.1) is 0 Å². The van der Waals surface area contributed by atoms with E-state index >= 15 is 0 Å². The van der Waals surface area contributed by atoms with Gasteiger partial charge < -0.3 is 10.3 Å². The molecule has 0 spiro atoms. The normalized spacial score (nSPS) is 12.4. The summed E-state index contributed by atoms with van der Waals surface area (Å²) in [4.78, 5) is 29.4. The first kappa shape index (κ1) is 21.4. The van der Waals surface area contributed by atoms with Crippen LogP contribution in [0.4, 0.5) is 10.2 Å². The molecule has 166 valence electrons. The van der Waals surface area contributed by atoms with E-state index in [0.717, 1.165) is 0 Å². The van der Waals surface area contributed by atoms with Gasteiger partial charge in [-0.3, -0.25) is 9.36 Å². The molecule has 0 fully saturated rings.